The van der Waals surface area contributed by atoms with E-state index in [9.17, 15) is 4.39 Å². The molecule has 1 N–H and O–H groups in total. The number of nitrogens with zero attached hydrogens (tertiary/aromatic N) is 2. The van der Waals surface area contributed by atoms with Crippen molar-refractivity contribution in [2.45, 2.75) is 25.8 Å². The van der Waals surface area contributed by atoms with Crippen LogP contribution in [0.15, 0.2) is 18.2 Å². The number of hydrogen-bond donors (Lipinski definition) is 1. The number of nitriles is 1. The van der Waals surface area contributed by atoms with Crippen molar-refractivity contribution in [3.8, 4) is 6.07 Å². The van der Waals surface area contributed by atoms with Crippen LogP contribution in [-0.4, -0.2) is 31.6 Å². The second-order valence-electron chi connectivity index (χ2n) is 5.63. The van der Waals surface area contributed by atoms with Crippen molar-refractivity contribution in [2.75, 3.05) is 26.7 Å². The van der Waals surface area contributed by atoms with Crippen molar-refractivity contribution in [1.29, 1.82) is 5.26 Å². The second-order valence-corrected chi connectivity index (χ2v) is 5.63. The number of nitrogens with one attached hydrogen (secondary N) is 1. The molecule has 0 amide bonds. The number of benzene rings is 1. The summed E-state index contributed by atoms with van der Waals surface area (Å²) in [6, 6.07) is 6.54. The molecule has 0 bridgehead atoms. The highest BCUT2D eigenvalue weighted by atomic mass is 19.1. The summed E-state index contributed by atoms with van der Waals surface area (Å²) in [5, 5.41) is 12.1. The fraction of sp³-hybridized carbons (Fsp3) is 0.562. The number of hydrogen-bond acceptors (Lipinski definition) is 3. The van der Waals surface area contributed by atoms with E-state index in [0.717, 1.165) is 18.9 Å². The highest BCUT2D eigenvalue weighted by Gasteiger charge is 2.15. The van der Waals surface area contributed by atoms with Crippen molar-refractivity contribution in [3.63, 3.8) is 0 Å². The number of rotatable bonds is 5. The summed E-state index contributed by atoms with van der Waals surface area (Å²) >= 11 is 0. The third kappa shape index (κ3) is 4.29. The molecule has 1 saturated heterocycles. The zero-order chi connectivity index (χ0) is 14.4. The van der Waals surface area contributed by atoms with Gasteiger partial charge in [-0.1, -0.05) is 0 Å². The van der Waals surface area contributed by atoms with Gasteiger partial charge in [0.15, 0.2) is 0 Å². The van der Waals surface area contributed by atoms with Gasteiger partial charge in [0.1, 0.15) is 5.82 Å². The van der Waals surface area contributed by atoms with E-state index >= 15 is 0 Å². The van der Waals surface area contributed by atoms with Gasteiger partial charge in [-0.3, -0.25) is 0 Å². The molecule has 0 atom stereocenters. The lowest BCUT2D eigenvalue weighted by atomic mass is 9.94. The Morgan fingerprint density at radius 2 is 2.15 bits per heavy atom. The molecule has 3 nitrogen and oxygen atoms in total. The molecular formula is C16H22FN3. The standard InChI is InChI=1S/C16H22FN3/c1-20-8-5-13(6-9-20)4-7-19-12-15-10-14(11-18)2-3-16(15)17/h2-3,10,13,19H,4-9,12H2,1H3. The Morgan fingerprint density at radius 1 is 1.40 bits per heavy atom. The molecule has 4 heteroatoms. The molecule has 0 aromatic heterocycles. The average molecular weight is 275 g/mol. The molecule has 1 aromatic rings. The first-order valence-corrected chi connectivity index (χ1v) is 7.27. The first-order chi connectivity index (χ1) is 9.69. The van der Waals surface area contributed by atoms with E-state index < -0.39 is 0 Å². The summed E-state index contributed by atoms with van der Waals surface area (Å²) < 4.78 is 13.6. The van der Waals surface area contributed by atoms with Crippen molar-refractivity contribution in [3.05, 3.63) is 35.1 Å². The largest absolute Gasteiger partial charge is 0.313 e. The quantitative estimate of drug-likeness (QED) is 0.839. The van der Waals surface area contributed by atoms with E-state index in [1.165, 1.54) is 38.1 Å². The minimum atomic E-state index is -0.240. The van der Waals surface area contributed by atoms with Gasteiger partial charge in [-0.05, 0) is 70.1 Å². The molecule has 0 unspecified atom stereocenters. The molecule has 1 aromatic carbocycles. The lowest BCUT2D eigenvalue weighted by Gasteiger charge is -2.28. The Balaban J connectivity index is 1.72. The van der Waals surface area contributed by atoms with Crippen molar-refractivity contribution < 1.29 is 4.39 Å². The Kier molecular flexibility index (Phi) is 5.51. The molecule has 2 rings (SSSR count). The lowest BCUT2D eigenvalue weighted by molar-refractivity contribution is 0.211. The number of likely N-dealkylation sites (tertiary alicyclic amines) is 1. The van der Waals surface area contributed by atoms with Gasteiger partial charge < -0.3 is 10.2 Å². The summed E-state index contributed by atoms with van der Waals surface area (Å²) in [6.45, 7) is 3.77. The molecule has 108 valence electrons. The van der Waals surface area contributed by atoms with Crippen LogP contribution in [0.3, 0.4) is 0 Å². The molecular weight excluding hydrogens is 253 g/mol. The monoisotopic (exact) mass is 275 g/mol. The highest BCUT2D eigenvalue weighted by molar-refractivity contribution is 5.33. The van der Waals surface area contributed by atoms with Gasteiger partial charge in [-0.15, -0.1) is 0 Å². The smallest absolute Gasteiger partial charge is 0.127 e. The lowest BCUT2D eigenvalue weighted by Crippen LogP contribution is -2.31. The summed E-state index contributed by atoms with van der Waals surface area (Å²) in [6.07, 6.45) is 3.67. The predicted molar refractivity (Wildman–Crippen MR) is 77.7 cm³/mol. The summed E-state index contributed by atoms with van der Waals surface area (Å²) in [5.41, 5.74) is 1.09. The van der Waals surface area contributed by atoms with Gasteiger partial charge in [-0.25, -0.2) is 4.39 Å². The molecule has 0 aliphatic carbocycles. The van der Waals surface area contributed by atoms with Crippen LogP contribution in [-0.2, 0) is 6.54 Å². The van der Waals surface area contributed by atoms with E-state index in [1.54, 1.807) is 6.07 Å². The maximum atomic E-state index is 13.6. The molecule has 1 aliphatic heterocycles. The third-order valence-corrected chi connectivity index (χ3v) is 4.06. The fourth-order valence-electron chi connectivity index (χ4n) is 2.66. The van der Waals surface area contributed by atoms with Crippen LogP contribution in [0, 0.1) is 23.1 Å². The van der Waals surface area contributed by atoms with Gasteiger partial charge >= 0.3 is 0 Å². The zero-order valence-corrected chi connectivity index (χ0v) is 12.0. The van der Waals surface area contributed by atoms with Crippen LogP contribution < -0.4 is 5.32 Å². The fourth-order valence-corrected chi connectivity index (χ4v) is 2.66. The van der Waals surface area contributed by atoms with Crippen molar-refractivity contribution in [1.82, 2.24) is 10.2 Å². The van der Waals surface area contributed by atoms with Gasteiger partial charge in [0.25, 0.3) is 0 Å². The van der Waals surface area contributed by atoms with Crippen LogP contribution in [0.5, 0.6) is 0 Å². The average Bonchev–Trinajstić information content (AvgIpc) is 2.47. The first kappa shape index (κ1) is 15.0. The second kappa shape index (κ2) is 7.37. The molecule has 1 heterocycles. The van der Waals surface area contributed by atoms with Crippen LogP contribution >= 0.6 is 0 Å². The van der Waals surface area contributed by atoms with Crippen LogP contribution in [0.25, 0.3) is 0 Å². The summed E-state index contributed by atoms with van der Waals surface area (Å²) in [7, 11) is 2.17. The normalized spacial score (nSPS) is 17.1. The van der Waals surface area contributed by atoms with Gasteiger partial charge in [-0.2, -0.15) is 5.26 Å². The molecule has 0 spiro atoms. The van der Waals surface area contributed by atoms with Gasteiger partial charge in [0, 0.05) is 12.1 Å². The van der Waals surface area contributed by atoms with Gasteiger partial charge in [0.2, 0.25) is 0 Å². The van der Waals surface area contributed by atoms with E-state index in [1.807, 2.05) is 6.07 Å². The summed E-state index contributed by atoms with van der Waals surface area (Å²) in [4.78, 5) is 2.37. The maximum Gasteiger partial charge on any atom is 0.127 e. The molecule has 0 radical (unpaired) electrons. The van der Waals surface area contributed by atoms with Crippen molar-refractivity contribution >= 4 is 0 Å². The zero-order valence-electron chi connectivity index (χ0n) is 12.0. The maximum absolute atomic E-state index is 13.6. The van der Waals surface area contributed by atoms with Crippen LogP contribution in [0.1, 0.15) is 30.4 Å². The Bertz CT molecular complexity index is 473. The van der Waals surface area contributed by atoms with E-state index in [0.29, 0.717) is 17.7 Å². The molecule has 1 aliphatic rings. The van der Waals surface area contributed by atoms with E-state index in [4.69, 9.17) is 5.26 Å². The third-order valence-electron chi connectivity index (χ3n) is 4.06. The molecule has 20 heavy (non-hydrogen) atoms. The molecule has 0 saturated carbocycles. The predicted octanol–water partition coefficient (Wildman–Crippen LogP) is 2.52. The SMILES string of the molecule is CN1CCC(CCNCc2cc(C#N)ccc2F)CC1. The number of halogens is 1. The Hall–Kier alpha value is -1.44. The Morgan fingerprint density at radius 3 is 2.85 bits per heavy atom. The van der Waals surface area contributed by atoms with E-state index in [2.05, 4.69) is 17.3 Å². The first-order valence-electron chi connectivity index (χ1n) is 7.27. The minimum Gasteiger partial charge on any atom is -0.313 e. The topological polar surface area (TPSA) is 39.1 Å². The Labute approximate surface area is 120 Å². The minimum absolute atomic E-state index is 0.240. The van der Waals surface area contributed by atoms with Crippen molar-refractivity contribution in [2.24, 2.45) is 5.92 Å². The number of piperidine rings is 1. The van der Waals surface area contributed by atoms with Crippen LogP contribution in [0.4, 0.5) is 4.39 Å². The van der Waals surface area contributed by atoms with Gasteiger partial charge in [0.05, 0.1) is 11.6 Å². The van der Waals surface area contributed by atoms with Crippen LogP contribution in [0.2, 0.25) is 0 Å². The highest BCUT2D eigenvalue weighted by Crippen LogP contribution is 2.18. The van der Waals surface area contributed by atoms with E-state index in [-0.39, 0.29) is 5.82 Å². The summed E-state index contributed by atoms with van der Waals surface area (Å²) in [5.74, 6) is 0.546. The molecule has 1 fully saturated rings.